The molecule has 1 atom stereocenters. The summed E-state index contributed by atoms with van der Waals surface area (Å²) in [6, 6.07) is 12.1. The molecule has 1 aromatic heterocycles. The number of aromatic nitrogens is 1. The van der Waals surface area contributed by atoms with Crippen LogP contribution in [-0.2, 0) is 12.8 Å². The van der Waals surface area contributed by atoms with Crippen LogP contribution in [0.5, 0.6) is 0 Å². The van der Waals surface area contributed by atoms with E-state index >= 15 is 0 Å². The molecule has 1 heterocycles. The van der Waals surface area contributed by atoms with E-state index in [1.807, 2.05) is 18.2 Å². The maximum atomic E-state index is 13.0. The number of hydrogen-bond donors (Lipinski definition) is 2. The first-order chi connectivity index (χ1) is 12.5. The molecule has 0 unspecified atom stereocenters. The number of benzene rings is 2. The van der Waals surface area contributed by atoms with Gasteiger partial charge in [0.15, 0.2) is 0 Å². The number of fused-ring (bicyclic) bond motifs is 3. The minimum absolute atomic E-state index is 0.235. The number of aryl methyl sites for hydroxylation is 1. The van der Waals surface area contributed by atoms with E-state index in [0.717, 1.165) is 30.5 Å². The monoisotopic (exact) mass is 351 g/mol. The average Bonchev–Trinajstić information content (AvgIpc) is 2.99. The number of likely N-dealkylation sites (N-methyl/N-ethyl adjacent to an activating group) is 1. The van der Waals surface area contributed by atoms with Crippen LogP contribution in [0.15, 0.2) is 42.5 Å². The van der Waals surface area contributed by atoms with Gasteiger partial charge in [0, 0.05) is 40.3 Å². The van der Waals surface area contributed by atoms with Crippen LogP contribution in [0.25, 0.3) is 10.9 Å². The zero-order valence-corrected chi connectivity index (χ0v) is 15.0. The highest BCUT2D eigenvalue weighted by Crippen LogP contribution is 2.32. The molecule has 4 nitrogen and oxygen atoms in total. The molecule has 0 saturated heterocycles. The topological polar surface area (TPSA) is 48.1 Å². The van der Waals surface area contributed by atoms with Gasteiger partial charge < -0.3 is 15.2 Å². The third-order valence-electron chi connectivity index (χ3n) is 5.26. The van der Waals surface area contributed by atoms with Gasteiger partial charge in [-0.05, 0) is 75.0 Å². The largest absolute Gasteiger partial charge is 0.358 e. The van der Waals surface area contributed by atoms with Crippen LogP contribution in [0.1, 0.15) is 28.0 Å². The fourth-order valence-corrected chi connectivity index (χ4v) is 3.73. The highest BCUT2D eigenvalue weighted by atomic mass is 19.1. The Labute approximate surface area is 152 Å². The van der Waals surface area contributed by atoms with Gasteiger partial charge in [-0.15, -0.1) is 0 Å². The molecule has 26 heavy (non-hydrogen) atoms. The van der Waals surface area contributed by atoms with E-state index in [4.69, 9.17) is 0 Å². The van der Waals surface area contributed by atoms with Gasteiger partial charge in [-0.3, -0.25) is 4.79 Å². The molecule has 2 N–H and O–H groups in total. The molecule has 0 bridgehead atoms. The number of rotatable bonds is 3. The van der Waals surface area contributed by atoms with Gasteiger partial charge in [0.1, 0.15) is 5.82 Å². The lowest BCUT2D eigenvalue weighted by Gasteiger charge is -2.28. The highest BCUT2D eigenvalue weighted by Gasteiger charge is 2.23. The molecule has 1 amide bonds. The van der Waals surface area contributed by atoms with Crippen LogP contribution in [0.4, 0.5) is 10.1 Å². The van der Waals surface area contributed by atoms with E-state index in [-0.39, 0.29) is 11.7 Å². The standard InChI is InChI=1S/C21H22FN3O/c1-25(2)16-8-9-17-18-11-15(7-10-19(18)24-20(17)12-16)23-21(26)13-3-5-14(22)6-4-13/h3-7,10-11,16,24H,8-9,12H2,1-2H3,(H,23,26)/t16-/m1/s1. The molecule has 5 heteroatoms. The number of H-pyrrole nitrogens is 1. The van der Waals surface area contributed by atoms with Crippen LogP contribution in [0.2, 0.25) is 0 Å². The van der Waals surface area contributed by atoms with E-state index in [0.29, 0.717) is 11.6 Å². The summed E-state index contributed by atoms with van der Waals surface area (Å²) in [5.74, 6) is -0.584. The summed E-state index contributed by atoms with van der Waals surface area (Å²) in [7, 11) is 4.25. The smallest absolute Gasteiger partial charge is 0.255 e. The lowest BCUT2D eigenvalue weighted by atomic mass is 9.91. The first-order valence-corrected chi connectivity index (χ1v) is 8.88. The summed E-state index contributed by atoms with van der Waals surface area (Å²) < 4.78 is 13.0. The van der Waals surface area contributed by atoms with Crippen molar-refractivity contribution in [3.05, 3.63) is 65.1 Å². The summed E-state index contributed by atoms with van der Waals surface area (Å²) in [5, 5.41) is 4.09. The van der Waals surface area contributed by atoms with Crippen molar-refractivity contribution in [3.8, 4) is 0 Å². The Kier molecular flexibility index (Phi) is 4.24. The number of nitrogens with zero attached hydrogens (tertiary/aromatic N) is 1. The van der Waals surface area contributed by atoms with Gasteiger partial charge in [-0.1, -0.05) is 0 Å². The molecule has 1 aliphatic rings. The Balaban J connectivity index is 1.60. The number of nitrogens with one attached hydrogen (secondary N) is 2. The van der Waals surface area contributed by atoms with Crippen molar-refractivity contribution in [2.75, 3.05) is 19.4 Å². The van der Waals surface area contributed by atoms with E-state index < -0.39 is 0 Å². The normalized spacial score (nSPS) is 16.7. The van der Waals surface area contributed by atoms with Crippen LogP contribution in [0.3, 0.4) is 0 Å². The van der Waals surface area contributed by atoms with E-state index in [2.05, 4.69) is 29.3 Å². The Hall–Kier alpha value is -2.66. The number of carbonyl (C=O) groups excluding carboxylic acids is 1. The zero-order chi connectivity index (χ0) is 18.3. The SMILES string of the molecule is CN(C)[C@@H]1CCc2c([nH]c3ccc(NC(=O)c4ccc(F)cc4)cc23)C1. The van der Waals surface area contributed by atoms with Gasteiger partial charge in [0.25, 0.3) is 5.91 Å². The fraction of sp³-hybridized carbons (Fsp3) is 0.286. The van der Waals surface area contributed by atoms with Gasteiger partial charge in [-0.25, -0.2) is 4.39 Å². The van der Waals surface area contributed by atoms with Crippen LogP contribution < -0.4 is 5.32 Å². The van der Waals surface area contributed by atoms with Crippen molar-refractivity contribution in [2.24, 2.45) is 0 Å². The van der Waals surface area contributed by atoms with Crippen molar-refractivity contribution >= 4 is 22.5 Å². The number of hydrogen-bond acceptors (Lipinski definition) is 2. The van der Waals surface area contributed by atoms with Crippen molar-refractivity contribution in [1.82, 2.24) is 9.88 Å². The van der Waals surface area contributed by atoms with Crippen molar-refractivity contribution in [1.29, 1.82) is 0 Å². The minimum atomic E-state index is -0.349. The summed E-state index contributed by atoms with van der Waals surface area (Å²) >= 11 is 0. The maximum absolute atomic E-state index is 13.0. The van der Waals surface area contributed by atoms with Gasteiger partial charge >= 0.3 is 0 Å². The summed E-state index contributed by atoms with van der Waals surface area (Å²) in [5.41, 5.74) is 4.96. The number of carbonyl (C=O) groups is 1. The van der Waals surface area contributed by atoms with Gasteiger partial charge in [-0.2, -0.15) is 0 Å². The third-order valence-corrected chi connectivity index (χ3v) is 5.26. The predicted octanol–water partition coefficient (Wildman–Crippen LogP) is 3.98. The van der Waals surface area contributed by atoms with E-state index in [1.54, 1.807) is 0 Å². The summed E-state index contributed by atoms with van der Waals surface area (Å²) in [6.07, 6.45) is 3.20. The highest BCUT2D eigenvalue weighted by molar-refractivity contribution is 6.05. The average molecular weight is 351 g/mol. The molecule has 0 spiro atoms. The second-order valence-electron chi connectivity index (χ2n) is 7.16. The molecule has 134 valence electrons. The molecule has 0 radical (unpaired) electrons. The maximum Gasteiger partial charge on any atom is 0.255 e. The molecule has 0 fully saturated rings. The number of amides is 1. The van der Waals surface area contributed by atoms with Gasteiger partial charge in [0.2, 0.25) is 0 Å². The number of aromatic amines is 1. The summed E-state index contributed by atoms with van der Waals surface area (Å²) in [4.78, 5) is 18.2. The molecule has 0 aliphatic heterocycles. The van der Waals surface area contributed by atoms with Crippen LogP contribution >= 0.6 is 0 Å². The Morgan fingerprint density at radius 1 is 1.19 bits per heavy atom. The van der Waals surface area contributed by atoms with Crippen molar-refractivity contribution < 1.29 is 9.18 Å². The summed E-state index contributed by atoms with van der Waals surface area (Å²) in [6.45, 7) is 0. The lowest BCUT2D eigenvalue weighted by molar-refractivity contribution is 0.102. The fourth-order valence-electron chi connectivity index (χ4n) is 3.73. The molecular weight excluding hydrogens is 329 g/mol. The van der Waals surface area contributed by atoms with E-state index in [9.17, 15) is 9.18 Å². The second kappa shape index (κ2) is 6.57. The van der Waals surface area contributed by atoms with Crippen molar-refractivity contribution in [2.45, 2.75) is 25.3 Å². The minimum Gasteiger partial charge on any atom is -0.358 e. The molecule has 4 rings (SSSR count). The Morgan fingerprint density at radius 3 is 2.69 bits per heavy atom. The molecule has 3 aromatic rings. The van der Waals surface area contributed by atoms with Crippen LogP contribution in [0, 0.1) is 5.82 Å². The Bertz CT molecular complexity index is 959. The van der Waals surface area contributed by atoms with E-state index in [1.165, 1.54) is 40.9 Å². The number of halogens is 1. The first kappa shape index (κ1) is 16.8. The number of anilines is 1. The molecule has 0 saturated carbocycles. The second-order valence-corrected chi connectivity index (χ2v) is 7.16. The lowest BCUT2D eigenvalue weighted by Crippen LogP contribution is -2.33. The quantitative estimate of drug-likeness (QED) is 0.750. The molecule has 2 aromatic carbocycles. The van der Waals surface area contributed by atoms with Crippen molar-refractivity contribution in [3.63, 3.8) is 0 Å². The molecule has 1 aliphatic carbocycles. The predicted molar refractivity (Wildman–Crippen MR) is 102 cm³/mol. The van der Waals surface area contributed by atoms with Crippen LogP contribution in [-0.4, -0.2) is 35.9 Å². The third kappa shape index (κ3) is 3.10. The first-order valence-electron chi connectivity index (χ1n) is 8.88. The molecular formula is C21H22FN3O. The Morgan fingerprint density at radius 2 is 1.96 bits per heavy atom. The van der Waals surface area contributed by atoms with Gasteiger partial charge in [0.05, 0.1) is 0 Å². The zero-order valence-electron chi connectivity index (χ0n) is 15.0.